The number of hydrogen-bond donors (Lipinski definition) is 1. The second-order valence-corrected chi connectivity index (χ2v) is 18.3. The zero-order valence-corrected chi connectivity index (χ0v) is 37.0. The molecule has 1 atom stereocenters. The lowest BCUT2D eigenvalue weighted by molar-refractivity contribution is 0.0694. The molecule has 2 aromatic heterocycles. The average molecular weight is 903 g/mol. The molecule has 0 saturated carbocycles. The van der Waals surface area contributed by atoms with Gasteiger partial charge in [0.25, 0.3) is 11.8 Å². The first kappa shape index (κ1) is 42.5. The summed E-state index contributed by atoms with van der Waals surface area (Å²) in [6.45, 7) is 0.909. The number of amides is 2. The predicted octanol–water partition coefficient (Wildman–Crippen LogP) is 7.15. The molecule has 1 N–H and O–H groups in total. The van der Waals surface area contributed by atoms with Crippen molar-refractivity contribution in [3.63, 3.8) is 0 Å². The van der Waals surface area contributed by atoms with Crippen molar-refractivity contribution >= 4 is 17.9 Å². The lowest BCUT2D eigenvalue weighted by Crippen LogP contribution is -2.62. The van der Waals surface area contributed by atoms with Crippen LogP contribution in [-0.4, -0.2) is 63.5 Å². The Morgan fingerprint density at radius 2 is 1.12 bits per heavy atom. The van der Waals surface area contributed by atoms with E-state index >= 15 is 0 Å². The van der Waals surface area contributed by atoms with E-state index < -0.39 is 22.3 Å². The van der Waals surface area contributed by atoms with Gasteiger partial charge in [0.2, 0.25) is 10.9 Å². The van der Waals surface area contributed by atoms with E-state index in [1.165, 1.54) is 62.2 Å². The highest BCUT2D eigenvalue weighted by atomic mass is 16.5. The number of carbonyl (C=O) groups is 2. The maximum absolute atomic E-state index is 13.6. The van der Waals surface area contributed by atoms with Crippen LogP contribution in [0.3, 0.4) is 0 Å². The van der Waals surface area contributed by atoms with Crippen LogP contribution < -0.4 is 25.6 Å². The average Bonchev–Trinajstić information content (AvgIpc) is 4.06. The van der Waals surface area contributed by atoms with Gasteiger partial charge in [-0.15, -0.1) is 0 Å². The molecule has 2 amide bonds. The van der Waals surface area contributed by atoms with Crippen LogP contribution >= 0.6 is 0 Å². The maximum Gasteiger partial charge on any atom is 0.277 e. The number of fused-ring (bicyclic) bond motifs is 12. The molecule has 0 radical (unpaired) electrons. The van der Waals surface area contributed by atoms with Crippen LogP contribution in [0.1, 0.15) is 78.5 Å². The van der Waals surface area contributed by atoms with E-state index in [4.69, 9.17) is 4.74 Å². The fraction of sp³-hybridized carbons (Fsp3) is 0.214. The molecule has 12 nitrogen and oxygen atoms in total. The number of nitrogens with zero attached hydrogens (tertiary/aromatic N) is 6. The molecule has 0 fully saturated rings. The highest BCUT2D eigenvalue weighted by Gasteiger charge is 2.59. The summed E-state index contributed by atoms with van der Waals surface area (Å²) in [6, 6.07) is 46.4. The van der Waals surface area contributed by atoms with Crippen LogP contribution in [-0.2, 0) is 36.9 Å². The summed E-state index contributed by atoms with van der Waals surface area (Å²) in [5.41, 5.74) is 10.4. The molecule has 4 aliphatic carbocycles. The first-order valence-corrected chi connectivity index (χ1v) is 22.6. The normalized spacial score (nSPS) is 20.9. The van der Waals surface area contributed by atoms with Crippen LogP contribution in [0.4, 0.5) is 0 Å². The molecule has 0 spiro atoms. The van der Waals surface area contributed by atoms with Crippen molar-refractivity contribution in [3.8, 4) is 11.5 Å². The number of aromatic nitrogens is 2. The summed E-state index contributed by atoms with van der Waals surface area (Å²) in [4.78, 5) is 55.0. The largest absolute Gasteiger partial charge is 0.502 e. The summed E-state index contributed by atoms with van der Waals surface area (Å²) < 4.78 is 9.63. The van der Waals surface area contributed by atoms with Crippen LogP contribution in [0.15, 0.2) is 167 Å². The molecule has 4 heterocycles. The van der Waals surface area contributed by atoms with E-state index in [1.54, 1.807) is 41.0 Å². The Morgan fingerprint density at radius 1 is 0.588 bits per heavy atom. The number of benzene rings is 5. The third kappa shape index (κ3) is 5.85. The third-order valence-corrected chi connectivity index (χ3v) is 14.7. The molecule has 7 aromatic rings. The number of hydrogen-bond acceptors (Lipinski definition) is 8. The van der Waals surface area contributed by atoms with Crippen LogP contribution in [0.25, 0.3) is 6.08 Å². The van der Waals surface area contributed by atoms with Gasteiger partial charge < -0.3 is 19.6 Å². The van der Waals surface area contributed by atoms with Gasteiger partial charge >= 0.3 is 0 Å². The van der Waals surface area contributed by atoms with Crippen molar-refractivity contribution in [2.45, 2.75) is 44.4 Å². The Labute approximate surface area is 393 Å². The standard InChI is InChI=1S/C31H25N3O3.C24H21N3O3.CH4/c1-32-20-34(31-24(17-22-11-5-7-13-25(22)31)18-23-12-6-8-14-26(23)31)33-16-15-27(35)29(28(33)30(32)36)37-19-21-9-3-2-4-10-21;1-25-14-27(26-11-10-20(28)22(29)21(26)23(25)30)24-17(12-15-6-2-4-8-18(15)24)13-16-7-3-5-9-19(16)24;/h2-17H,18-20H2,1H3;2-11,17,29H,12-14H2,1H3;1H4. The van der Waals surface area contributed by atoms with Crippen molar-refractivity contribution < 1.29 is 19.4 Å². The molecule has 2 aliphatic heterocycles. The minimum atomic E-state index is -0.595. The van der Waals surface area contributed by atoms with Gasteiger partial charge in [-0.3, -0.25) is 38.5 Å². The SMILES string of the molecule is C.CN1CN(C23C(=Cc4ccccc42)Cc2ccccc23)n2ccc(=O)c(OCc3ccccc3)c2C1=O.CN1CN(C23c4ccccc4CC2Cc2ccccc23)n2ccc(=O)c(O)c2C1=O. The molecular weight excluding hydrogens is 853 g/mol. The van der Waals surface area contributed by atoms with E-state index in [1.807, 2.05) is 35.0 Å². The van der Waals surface area contributed by atoms with E-state index in [9.17, 15) is 24.3 Å². The molecule has 1 unspecified atom stereocenters. The molecule has 5 aromatic carbocycles. The minimum Gasteiger partial charge on any atom is -0.502 e. The Bertz CT molecular complexity index is 3330. The molecule has 340 valence electrons. The molecule has 0 saturated heterocycles. The van der Waals surface area contributed by atoms with Crippen molar-refractivity contribution in [3.05, 3.63) is 239 Å². The second kappa shape index (κ2) is 15.8. The van der Waals surface area contributed by atoms with Crippen molar-refractivity contribution in [2.75, 3.05) is 37.5 Å². The number of ether oxygens (including phenoxy) is 1. The quantitative estimate of drug-likeness (QED) is 0.194. The van der Waals surface area contributed by atoms with Gasteiger partial charge in [-0.2, -0.15) is 0 Å². The van der Waals surface area contributed by atoms with Gasteiger partial charge in [-0.05, 0) is 74.9 Å². The Balaban J connectivity index is 0.000000150. The first-order chi connectivity index (χ1) is 32.6. The van der Waals surface area contributed by atoms with E-state index in [-0.39, 0.29) is 48.4 Å². The van der Waals surface area contributed by atoms with Gasteiger partial charge in [-0.25, -0.2) is 0 Å². The zero-order chi connectivity index (χ0) is 45.8. The van der Waals surface area contributed by atoms with Gasteiger partial charge in [0.1, 0.15) is 31.0 Å². The van der Waals surface area contributed by atoms with E-state index in [2.05, 4.69) is 113 Å². The maximum atomic E-state index is 13.6. The number of pyridine rings is 2. The Kier molecular flexibility index (Phi) is 9.85. The van der Waals surface area contributed by atoms with Crippen LogP contribution in [0.2, 0.25) is 0 Å². The van der Waals surface area contributed by atoms with Gasteiger partial charge in [0.05, 0.1) is 0 Å². The summed E-state index contributed by atoms with van der Waals surface area (Å²) >= 11 is 0. The minimum absolute atomic E-state index is 0. The lowest BCUT2D eigenvalue weighted by Gasteiger charge is -2.50. The highest BCUT2D eigenvalue weighted by Crippen LogP contribution is 2.57. The number of carbonyl (C=O) groups excluding carboxylic acids is 2. The van der Waals surface area contributed by atoms with Gasteiger partial charge in [0.15, 0.2) is 22.9 Å². The summed E-state index contributed by atoms with van der Waals surface area (Å²) in [7, 11) is 3.49. The van der Waals surface area contributed by atoms with Crippen LogP contribution in [0, 0.1) is 5.92 Å². The second-order valence-electron chi connectivity index (χ2n) is 18.3. The molecule has 0 bridgehead atoms. The van der Waals surface area contributed by atoms with Crippen molar-refractivity contribution in [1.82, 2.24) is 19.2 Å². The van der Waals surface area contributed by atoms with Gasteiger partial charge in [0, 0.05) is 44.5 Å². The molecular formula is C56H50N6O6. The van der Waals surface area contributed by atoms with Gasteiger partial charge in [-0.1, -0.05) is 141 Å². The Hall–Kier alpha value is -8.12. The highest BCUT2D eigenvalue weighted by molar-refractivity contribution is 5.97. The molecule has 12 heteroatoms. The number of rotatable bonds is 5. The topological polar surface area (TPSA) is 121 Å². The molecule has 68 heavy (non-hydrogen) atoms. The zero-order valence-electron chi connectivity index (χ0n) is 37.0. The van der Waals surface area contributed by atoms with E-state index in [0.29, 0.717) is 19.3 Å². The lowest BCUT2D eigenvalue weighted by atomic mass is 9.81. The fourth-order valence-electron chi connectivity index (χ4n) is 12.0. The summed E-state index contributed by atoms with van der Waals surface area (Å²) in [6.07, 6.45) is 8.33. The predicted molar refractivity (Wildman–Crippen MR) is 261 cm³/mol. The van der Waals surface area contributed by atoms with E-state index in [0.717, 1.165) is 24.8 Å². The number of aromatic hydroxyl groups is 1. The van der Waals surface area contributed by atoms with Crippen molar-refractivity contribution in [1.29, 1.82) is 0 Å². The monoisotopic (exact) mass is 902 g/mol. The smallest absolute Gasteiger partial charge is 0.277 e. The third-order valence-electron chi connectivity index (χ3n) is 14.7. The van der Waals surface area contributed by atoms with Crippen molar-refractivity contribution in [2.24, 2.45) is 5.92 Å². The summed E-state index contributed by atoms with van der Waals surface area (Å²) in [5.74, 6) is -0.719. The first-order valence-electron chi connectivity index (χ1n) is 22.6. The summed E-state index contributed by atoms with van der Waals surface area (Å²) in [5, 5.41) is 14.9. The molecule has 6 aliphatic rings. The fourth-order valence-corrected chi connectivity index (χ4v) is 12.0. The molecule has 13 rings (SSSR count). The Morgan fingerprint density at radius 3 is 1.79 bits per heavy atom. The van der Waals surface area contributed by atoms with Crippen LogP contribution in [0.5, 0.6) is 11.5 Å².